The first-order valence-corrected chi connectivity index (χ1v) is 7.36. The van der Waals surface area contributed by atoms with Crippen molar-refractivity contribution in [2.45, 2.75) is 4.90 Å². The minimum atomic E-state index is -3.78. The Morgan fingerprint density at radius 3 is 2.85 bits per heavy atom. The van der Waals surface area contributed by atoms with Gasteiger partial charge in [0.2, 0.25) is 5.28 Å². The van der Waals surface area contributed by atoms with Crippen LogP contribution in [0.5, 0.6) is 0 Å². The van der Waals surface area contributed by atoms with Gasteiger partial charge in [0.05, 0.1) is 0 Å². The fraction of sp³-hybridized carbons (Fsp3) is 0. The smallest absolute Gasteiger partial charge is 0.265 e. The molecule has 0 aliphatic rings. The van der Waals surface area contributed by atoms with Crippen molar-refractivity contribution < 1.29 is 8.42 Å². The lowest BCUT2D eigenvalue weighted by Crippen LogP contribution is -2.13. The monoisotopic (exact) mass is 309 g/mol. The minimum absolute atomic E-state index is 0.0363. The number of hydrogen-bond donors (Lipinski definition) is 2. The van der Waals surface area contributed by atoms with Crippen molar-refractivity contribution in [2.75, 3.05) is 4.72 Å². The molecule has 0 amide bonds. The number of hydrogen-bond acceptors (Lipinski definition) is 5. The normalized spacial score (nSPS) is 11.7. The second-order valence-corrected chi connectivity index (χ2v) is 5.86. The lowest BCUT2D eigenvalue weighted by Gasteiger charge is -2.05. The SMILES string of the molecule is O=S(=O)(Nc1ccnc(Cl)n1)c1c[nH]c2ncccc12. The van der Waals surface area contributed by atoms with E-state index in [2.05, 4.69) is 24.7 Å². The van der Waals surface area contributed by atoms with Gasteiger partial charge in [-0.15, -0.1) is 0 Å². The van der Waals surface area contributed by atoms with E-state index in [4.69, 9.17) is 11.6 Å². The second-order valence-electron chi connectivity index (χ2n) is 3.87. The van der Waals surface area contributed by atoms with Gasteiger partial charge in [0.1, 0.15) is 16.4 Å². The molecule has 0 spiro atoms. The molecule has 102 valence electrons. The van der Waals surface area contributed by atoms with Crippen LogP contribution in [0.15, 0.2) is 41.7 Å². The molecular weight excluding hydrogens is 302 g/mol. The highest BCUT2D eigenvalue weighted by atomic mass is 35.5. The number of fused-ring (bicyclic) bond motifs is 1. The molecule has 3 heterocycles. The van der Waals surface area contributed by atoms with E-state index in [-0.39, 0.29) is 16.0 Å². The van der Waals surface area contributed by atoms with Crippen LogP contribution in [0.25, 0.3) is 11.0 Å². The van der Waals surface area contributed by atoms with Crippen molar-refractivity contribution in [3.8, 4) is 0 Å². The maximum atomic E-state index is 12.3. The third-order valence-electron chi connectivity index (χ3n) is 2.57. The average Bonchev–Trinajstić information content (AvgIpc) is 2.82. The third-order valence-corrected chi connectivity index (χ3v) is 4.14. The van der Waals surface area contributed by atoms with E-state index in [1.54, 1.807) is 18.3 Å². The molecule has 0 aliphatic carbocycles. The van der Waals surface area contributed by atoms with Gasteiger partial charge in [-0.2, -0.15) is 4.98 Å². The summed E-state index contributed by atoms with van der Waals surface area (Å²) in [5, 5.41) is 0.464. The molecule has 2 N–H and O–H groups in total. The summed E-state index contributed by atoms with van der Waals surface area (Å²) in [6, 6.07) is 4.74. The summed E-state index contributed by atoms with van der Waals surface area (Å²) in [6.45, 7) is 0. The van der Waals surface area contributed by atoms with Gasteiger partial charge in [-0.3, -0.25) is 4.72 Å². The first kappa shape index (κ1) is 12.8. The summed E-state index contributed by atoms with van der Waals surface area (Å²) in [5.74, 6) is 0.100. The molecule has 0 saturated heterocycles. The Kier molecular flexibility index (Phi) is 3.03. The molecule has 20 heavy (non-hydrogen) atoms. The molecule has 0 saturated carbocycles. The molecule has 0 radical (unpaired) electrons. The topological polar surface area (TPSA) is 101 Å². The fourth-order valence-electron chi connectivity index (χ4n) is 1.74. The standard InChI is InChI=1S/C11H8ClN5O2S/c12-11-14-5-3-9(16-11)17-20(18,19)8-6-15-10-7(8)2-1-4-13-10/h1-6H,(H,13,15)(H,14,16,17). The number of rotatable bonds is 3. The minimum Gasteiger partial charge on any atom is -0.345 e. The largest absolute Gasteiger partial charge is 0.345 e. The number of halogens is 1. The number of nitrogens with zero attached hydrogens (tertiary/aromatic N) is 3. The summed E-state index contributed by atoms with van der Waals surface area (Å²) in [4.78, 5) is 14.4. The lowest BCUT2D eigenvalue weighted by molar-refractivity contribution is 0.602. The van der Waals surface area contributed by atoms with Crippen LogP contribution < -0.4 is 4.72 Å². The van der Waals surface area contributed by atoms with E-state index in [9.17, 15) is 8.42 Å². The highest BCUT2D eigenvalue weighted by molar-refractivity contribution is 7.93. The first-order valence-electron chi connectivity index (χ1n) is 5.50. The van der Waals surface area contributed by atoms with E-state index in [0.717, 1.165) is 0 Å². The van der Waals surface area contributed by atoms with Gasteiger partial charge in [0, 0.05) is 24.0 Å². The van der Waals surface area contributed by atoms with Crippen LogP contribution in [0.2, 0.25) is 5.28 Å². The molecule has 0 aromatic carbocycles. The average molecular weight is 310 g/mol. The Balaban J connectivity index is 2.04. The number of aromatic nitrogens is 4. The maximum Gasteiger partial charge on any atom is 0.265 e. The molecule has 0 aliphatic heterocycles. The highest BCUT2D eigenvalue weighted by Gasteiger charge is 2.20. The molecule has 3 aromatic rings. The van der Waals surface area contributed by atoms with E-state index in [0.29, 0.717) is 11.0 Å². The van der Waals surface area contributed by atoms with Crippen LogP contribution in [0.1, 0.15) is 0 Å². The summed E-state index contributed by atoms with van der Waals surface area (Å²) >= 11 is 5.62. The zero-order chi connectivity index (χ0) is 14.2. The van der Waals surface area contributed by atoms with E-state index < -0.39 is 10.0 Å². The number of anilines is 1. The van der Waals surface area contributed by atoms with Crippen molar-refractivity contribution >= 4 is 38.5 Å². The number of sulfonamides is 1. The van der Waals surface area contributed by atoms with Crippen LogP contribution in [-0.4, -0.2) is 28.4 Å². The summed E-state index contributed by atoms with van der Waals surface area (Å²) in [6.07, 6.45) is 4.32. The second kappa shape index (κ2) is 4.73. The third kappa shape index (κ3) is 2.30. The molecular formula is C11H8ClN5O2S. The summed E-state index contributed by atoms with van der Waals surface area (Å²) in [7, 11) is -3.78. The quantitative estimate of drug-likeness (QED) is 0.719. The van der Waals surface area contributed by atoms with Gasteiger partial charge < -0.3 is 4.98 Å². The Bertz CT molecular complexity index is 877. The number of aromatic amines is 1. The zero-order valence-electron chi connectivity index (χ0n) is 9.91. The lowest BCUT2D eigenvalue weighted by atomic mass is 10.3. The van der Waals surface area contributed by atoms with Crippen LogP contribution in [-0.2, 0) is 10.0 Å². The van der Waals surface area contributed by atoms with E-state index in [1.165, 1.54) is 18.5 Å². The summed E-state index contributed by atoms with van der Waals surface area (Å²) < 4.78 is 27.0. The van der Waals surface area contributed by atoms with Crippen molar-refractivity contribution in [3.05, 3.63) is 42.1 Å². The molecule has 9 heteroatoms. The van der Waals surface area contributed by atoms with Crippen LogP contribution in [0.3, 0.4) is 0 Å². The van der Waals surface area contributed by atoms with Gasteiger partial charge in [-0.25, -0.2) is 18.4 Å². The van der Waals surface area contributed by atoms with Gasteiger partial charge in [0.25, 0.3) is 10.0 Å². The molecule has 3 aromatic heterocycles. The van der Waals surface area contributed by atoms with Crippen LogP contribution in [0, 0.1) is 0 Å². The van der Waals surface area contributed by atoms with E-state index in [1.807, 2.05) is 0 Å². The van der Waals surface area contributed by atoms with Gasteiger partial charge >= 0.3 is 0 Å². The number of pyridine rings is 1. The zero-order valence-corrected chi connectivity index (χ0v) is 11.5. The summed E-state index contributed by atoms with van der Waals surface area (Å²) in [5.41, 5.74) is 0.494. The Morgan fingerprint density at radius 1 is 1.20 bits per heavy atom. The van der Waals surface area contributed by atoms with Crippen molar-refractivity contribution in [2.24, 2.45) is 0 Å². The fourth-order valence-corrected chi connectivity index (χ4v) is 3.05. The molecule has 3 rings (SSSR count). The Morgan fingerprint density at radius 2 is 2.05 bits per heavy atom. The number of H-pyrrole nitrogens is 1. The molecule has 0 unspecified atom stereocenters. The molecule has 7 nitrogen and oxygen atoms in total. The molecule has 0 fully saturated rings. The highest BCUT2D eigenvalue weighted by Crippen LogP contribution is 2.22. The molecule has 0 atom stereocenters. The van der Waals surface area contributed by atoms with Gasteiger partial charge in [-0.1, -0.05) is 0 Å². The predicted molar refractivity (Wildman–Crippen MR) is 73.9 cm³/mol. The Labute approximate surface area is 119 Å². The van der Waals surface area contributed by atoms with Crippen molar-refractivity contribution in [1.82, 2.24) is 19.9 Å². The Hall–Kier alpha value is -2.19. The first-order chi connectivity index (χ1) is 9.56. The predicted octanol–water partition coefficient (Wildman–Crippen LogP) is 1.81. The van der Waals surface area contributed by atoms with Gasteiger partial charge in [0.15, 0.2) is 0 Å². The molecule has 0 bridgehead atoms. The van der Waals surface area contributed by atoms with Crippen molar-refractivity contribution in [3.63, 3.8) is 0 Å². The van der Waals surface area contributed by atoms with Crippen LogP contribution in [0.4, 0.5) is 5.82 Å². The van der Waals surface area contributed by atoms with Gasteiger partial charge in [-0.05, 0) is 29.8 Å². The number of nitrogens with one attached hydrogen (secondary N) is 2. The maximum absolute atomic E-state index is 12.3. The van der Waals surface area contributed by atoms with Crippen LogP contribution >= 0.6 is 11.6 Å². The van der Waals surface area contributed by atoms with Crippen molar-refractivity contribution in [1.29, 1.82) is 0 Å². The van der Waals surface area contributed by atoms with E-state index >= 15 is 0 Å².